The van der Waals surface area contributed by atoms with Gasteiger partial charge in [0.05, 0.1) is 6.54 Å². The molecule has 37 heavy (non-hydrogen) atoms. The minimum Gasteiger partial charge on any atom is -0.507 e. The summed E-state index contributed by atoms with van der Waals surface area (Å²) in [6.07, 6.45) is 3.21. The molecule has 0 spiro atoms. The van der Waals surface area contributed by atoms with E-state index in [1.165, 1.54) is 5.56 Å². The first-order valence-electron chi connectivity index (χ1n) is 13.6. The first-order valence-corrected chi connectivity index (χ1v) is 13.6. The van der Waals surface area contributed by atoms with Crippen molar-refractivity contribution in [2.24, 2.45) is 16.8 Å². The van der Waals surface area contributed by atoms with Gasteiger partial charge in [0.2, 0.25) is 0 Å². The monoisotopic (exact) mass is 570 g/mol. The zero-order valence-corrected chi connectivity index (χ0v) is 25.8. The lowest BCUT2D eigenvalue weighted by Crippen LogP contribution is -2.34. The first kappa shape index (κ1) is 31.1. The van der Waals surface area contributed by atoms with Gasteiger partial charge in [-0.3, -0.25) is 9.79 Å². The standard InChI is InChI=1S/C32H46N2O2.BrH/c1-9-14-23-20-34(30(33-10-2)25(23)17-22-15-12-11-13-16-22)21-28(35)24-18-26(31(3,4)5)29(36)27(19-24)32(6,7)8;/h11-13,15-16,18-19,23,25,36H,9-10,14,17,20-21H2,1-8H3;1H/b33-30-;. The Morgan fingerprint density at radius 1 is 1.00 bits per heavy atom. The molecule has 2 aromatic rings. The second-order valence-electron chi connectivity index (χ2n) is 12.4. The third-order valence-corrected chi connectivity index (χ3v) is 7.34. The lowest BCUT2D eigenvalue weighted by atomic mass is 9.78. The van der Waals surface area contributed by atoms with Gasteiger partial charge in [0.1, 0.15) is 11.6 Å². The number of ketones is 1. The number of phenols is 1. The van der Waals surface area contributed by atoms with Gasteiger partial charge in [-0.1, -0.05) is 85.2 Å². The Morgan fingerprint density at radius 3 is 2.05 bits per heavy atom. The largest absolute Gasteiger partial charge is 0.507 e. The van der Waals surface area contributed by atoms with Gasteiger partial charge >= 0.3 is 0 Å². The van der Waals surface area contributed by atoms with Crippen molar-refractivity contribution >= 4 is 28.6 Å². The van der Waals surface area contributed by atoms with E-state index < -0.39 is 0 Å². The summed E-state index contributed by atoms with van der Waals surface area (Å²) in [7, 11) is 0. The highest BCUT2D eigenvalue weighted by Crippen LogP contribution is 2.40. The Bertz CT molecular complexity index is 1050. The fourth-order valence-electron chi connectivity index (χ4n) is 5.47. The van der Waals surface area contributed by atoms with Gasteiger partial charge in [-0.25, -0.2) is 0 Å². The van der Waals surface area contributed by atoms with Crippen LogP contribution >= 0.6 is 17.0 Å². The number of amidine groups is 1. The number of carbonyl (C=O) groups excluding carboxylic acids is 1. The Kier molecular flexibility index (Phi) is 10.6. The van der Waals surface area contributed by atoms with Crippen molar-refractivity contribution in [3.8, 4) is 5.75 Å². The van der Waals surface area contributed by atoms with E-state index in [1.54, 1.807) is 0 Å². The maximum absolute atomic E-state index is 13.8. The molecule has 0 radical (unpaired) electrons. The van der Waals surface area contributed by atoms with Gasteiger partial charge in [0.15, 0.2) is 5.78 Å². The maximum Gasteiger partial charge on any atom is 0.182 e. The molecule has 0 aromatic heterocycles. The van der Waals surface area contributed by atoms with Crippen molar-refractivity contribution in [3.63, 3.8) is 0 Å². The van der Waals surface area contributed by atoms with E-state index in [0.717, 1.165) is 42.8 Å². The predicted molar refractivity (Wildman–Crippen MR) is 162 cm³/mol. The van der Waals surface area contributed by atoms with Crippen molar-refractivity contribution in [2.75, 3.05) is 19.6 Å². The zero-order chi connectivity index (χ0) is 26.7. The zero-order valence-electron chi connectivity index (χ0n) is 24.1. The van der Waals surface area contributed by atoms with E-state index in [4.69, 9.17) is 4.99 Å². The van der Waals surface area contributed by atoms with Crippen molar-refractivity contribution in [3.05, 3.63) is 64.7 Å². The highest BCUT2D eigenvalue weighted by Gasteiger charge is 2.38. The first-order chi connectivity index (χ1) is 16.9. The lowest BCUT2D eigenvalue weighted by molar-refractivity contribution is 0.0963. The number of rotatable bonds is 8. The van der Waals surface area contributed by atoms with Gasteiger partial charge < -0.3 is 10.0 Å². The maximum atomic E-state index is 13.8. The van der Waals surface area contributed by atoms with Crippen molar-refractivity contribution < 1.29 is 9.90 Å². The molecule has 2 unspecified atom stereocenters. The van der Waals surface area contributed by atoms with Crippen molar-refractivity contribution in [2.45, 2.75) is 85.5 Å². The number of nitrogens with zero attached hydrogens (tertiary/aromatic N) is 2. The molecule has 2 atom stereocenters. The van der Waals surface area contributed by atoms with E-state index in [2.05, 4.69) is 90.6 Å². The molecular weight excluding hydrogens is 524 g/mol. The summed E-state index contributed by atoms with van der Waals surface area (Å²) in [5.41, 5.74) is 3.12. The van der Waals surface area contributed by atoms with Crippen LogP contribution in [0.1, 0.15) is 95.3 Å². The summed E-state index contributed by atoms with van der Waals surface area (Å²) < 4.78 is 0. The number of hydrogen-bond donors (Lipinski definition) is 1. The highest BCUT2D eigenvalue weighted by atomic mass is 79.9. The minimum atomic E-state index is -0.268. The molecule has 0 amide bonds. The van der Waals surface area contributed by atoms with E-state index in [0.29, 0.717) is 36.2 Å². The Labute approximate surface area is 235 Å². The molecule has 204 valence electrons. The quantitative estimate of drug-likeness (QED) is 0.330. The second-order valence-corrected chi connectivity index (χ2v) is 12.4. The van der Waals surface area contributed by atoms with Crippen LogP contribution in [0.4, 0.5) is 0 Å². The number of phenolic OH excluding ortho intramolecular Hbond substituents is 1. The average Bonchev–Trinajstić information content (AvgIpc) is 3.09. The predicted octanol–water partition coefficient (Wildman–Crippen LogP) is 7.76. The lowest BCUT2D eigenvalue weighted by Gasteiger charge is -2.28. The van der Waals surface area contributed by atoms with Gasteiger partial charge in [-0.2, -0.15) is 0 Å². The van der Waals surface area contributed by atoms with Crippen molar-refractivity contribution in [1.29, 1.82) is 0 Å². The minimum absolute atomic E-state index is 0. The molecule has 5 heteroatoms. The topological polar surface area (TPSA) is 52.9 Å². The Balaban J connectivity index is 0.00000481. The van der Waals surface area contributed by atoms with E-state index in [-0.39, 0.29) is 33.6 Å². The Morgan fingerprint density at radius 2 is 1.57 bits per heavy atom. The number of likely N-dealkylation sites (tertiary alicyclic amines) is 1. The highest BCUT2D eigenvalue weighted by molar-refractivity contribution is 8.93. The van der Waals surface area contributed by atoms with E-state index in [9.17, 15) is 9.90 Å². The van der Waals surface area contributed by atoms with Gasteiger partial charge in [0.25, 0.3) is 0 Å². The van der Waals surface area contributed by atoms with Crippen LogP contribution in [0.5, 0.6) is 5.75 Å². The van der Waals surface area contributed by atoms with E-state index in [1.807, 2.05) is 12.1 Å². The van der Waals surface area contributed by atoms with Crippen LogP contribution in [0.2, 0.25) is 0 Å². The van der Waals surface area contributed by atoms with Gasteiger partial charge in [0, 0.05) is 35.7 Å². The summed E-state index contributed by atoms with van der Waals surface area (Å²) in [5, 5.41) is 11.1. The number of carbonyl (C=O) groups is 1. The molecule has 1 N–H and O–H groups in total. The fourth-order valence-corrected chi connectivity index (χ4v) is 5.47. The normalized spacial score (nSPS) is 19.2. The second kappa shape index (κ2) is 12.6. The van der Waals surface area contributed by atoms with Crippen LogP contribution in [-0.4, -0.2) is 41.3 Å². The molecule has 0 aliphatic carbocycles. The number of aliphatic imine (C=N–C) groups is 1. The molecule has 3 rings (SSSR count). The van der Waals surface area contributed by atoms with Crippen LogP contribution in [0.15, 0.2) is 47.5 Å². The molecule has 1 heterocycles. The summed E-state index contributed by atoms with van der Waals surface area (Å²) >= 11 is 0. The summed E-state index contributed by atoms with van der Waals surface area (Å²) in [6, 6.07) is 14.5. The molecule has 0 bridgehead atoms. The van der Waals surface area contributed by atoms with Crippen LogP contribution < -0.4 is 0 Å². The van der Waals surface area contributed by atoms with Crippen LogP contribution in [0.3, 0.4) is 0 Å². The van der Waals surface area contributed by atoms with E-state index >= 15 is 0 Å². The number of halogens is 1. The number of Topliss-reactive ketones (excluding diaryl/α,β-unsaturated/α-hetero) is 1. The summed E-state index contributed by atoms with van der Waals surface area (Å²) in [4.78, 5) is 20.9. The Hall–Kier alpha value is -2.14. The van der Waals surface area contributed by atoms with Gasteiger partial charge in [-0.05, 0) is 54.2 Å². The number of benzene rings is 2. The third-order valence-electron chi connectivity index (χ3n) is 7.34. The van der Waals surface area contributed by atoms with Gasteiger partial charge in [-0.15, -0.1) is 17.0 Å². The molecular formula is C32H47BrN2O2. The van der Waals surface area contributed by atoms with Crippen molar-refractivity contribution in [1.82, 2.24) is 4.90 Å². The molecule has 1 aliphatic rings. The molecule has 1 aliphatic heterocycles. The summed E-state index contributed by atoms with van der Waals surface area (Å²) in [6.45, 7) is 18.7. The fraction of sp³-hybridized carbons (Fsp3) is 0.562. The van der Waals surface area contributed by atoms with Crippen LogP contribution in [-0.2, 0) is 17.3 Å². The number of aromatic hydroxyl groups is 1. The summed E-state index contributed by atoms with van der Waals surface area (Å²) in [5.74, 6) is 2.30. The SMILES string of the molecule is Br.CCCC1CN(CC(=O)c2cc(C(C)(C)C)c(O)c(C(C)(C)C)c2)/C(=N\CC)C1Cc1ccccc1. The van der Waals surface area contributed by atoms with Crippen LogP contribution in [0, 0.1) is 11.8 Å². The smallest absolute Gasteiger partial charge is 0.182 e. The molecule has 0 saturated carbocycles. The molecule has 2 aromatic carbocycles. The van der Waals surface area contributed by atoms with Crippen LogP contribution in [0.25, 0.3) is 0 Å². The molecule has 4 nitrogen and oxygen atoms in total. The molecule has 1 fully saturated rings. The number of hydrogen-bond acceptors (Lipinski definition) is 3. The molecule has 1 saturated heterocycles. The average molecular weight is 572 g/mol. The third kappa shape index (κ3) is 7.46.